The number of aryl methyl sites for hydroxylation is 3. The van der Waals surface area contributed by atoms with Crippen LogP contribution in [0.25, 0.3) is 0 Å². The fourth-order valence-electron chi connectivity index (χ4n) is 3.26. The molecule has 2 heterocycles. The molecule has 1 aliphatic rings. The highest BCUT2D eigenvalue weighted by Crippen LogP contribution is 2.31. The van der Waals surface area contributed by atoms with Gasteiger partial charge in [0.25, 0.3) is 0 Å². The Balaban J connectivity index is 1.82. The summed E-state index contributed by atoms with van der Waals surface area (Å²) in [6.07, 6.45) is 5.38. The van der Waals surface area contributed by atoms with E-state index < -0.39 is 0 Å². The fraction of sp³-hybridized carbons (Fsp3) is 0.500. The van der Waals surface area contributed by atoms with Crippen LogP contribution in [0.15, 0.2) is 22.9 Å². The summed E-state index contributed by atoms with van der Waals surface area (Å²) < 4.78 is 5.27. The molecule has 1 N–H and O–H groups in total. The number of nitrogens with one attached hydrogen (secondary N) is 1. The number of aromatic nitrogens is 2. The first kappa shape index (κ1) is 13.3. The molecule has 0 radical (unpaired) electrons. The molecule has 20 heavy (non-hydrogen) atoms. The van der Waals surface area contributed by atoms with Gasteiger partial charge >= 0.3 is 0 Å². The Morgan fingerprint density at radius 3 is 3.00 bits per heavy atom. The zero-order valence-electron chi connectivity index (χ0n) is 12.3. The minimum Gasteiger partial charge on any atom is -0.361 e. The number of rotatable bonds is 3. The summed E-state index contributed by atoms with van der Waals surface area (Å²) in [6.45, 7) is 6.14. The van der Waals surface area contributed by atoms with Crippen LogP contribution in [-0.2, 0) is 6.42 Å². The third kappa shape index (κ3) is 2.36. The predicted molar refractivity (Wildman–Crippen MR) is 77.4 cm³/mol. The molecule has 0 spiro atoms. The van der Waals surface area contributed by atoms with Crippen LogP contribution >= 0.6 is 0 Å². The van der Waals surface area contributed by atoms with Gasteiger partial charge in [0.05, 0.1) is 17.4 Å². The Hall–Kier alpha value is -1.68. The monoisotopic (exact) mass is 271 g/mol. The van der Waals surface area contributed by atoms with Crippen LogP contribution < -0.4 is 5.32 Å². The molecule has 4 heteroatoms. The van der Waals surface area contributed by atoms with Gasteiger partial charge in [-0.3, -0.25) is 4.98 Å². The van der Waals surface area contributed by atoms with Crippen molar-refractivity contribution in [1.82, 2.24) is 15.5 Å². The average Bonchev–Trinajstić information content (AvgIpc) is 2.78. The molecule has 0 amide bonds. The first-order valence-corrected chi connectivity index (χ1v) is 7.29. The van der Waals surface area contributed by atoms with E-state index in [0.29, 0.717) is 6.04 Å². The summed E-state index contributed by atoms with van der Waals surface area (Å²) in [5, 5.41) is 7.74. The SMILES string of the molecule is Cc1noc(C)c1C(C)NC1CCCc2cccnc21. The van der Waals surface area contributed by atoms with Gasteiger partial charge in [-0.2, -0.15) is 0 Å². The molecule has 0 aromatic carbocycles. The lowest BCUT2D eigenvalue weighted by Gasteiger charge is -2.28. The molecule has 2 aromatic rings. The molecule has 0 saturated heterocycles. The van der Waals surface area contributed by atoms with E-state index in [2.05, 4.69) is 28.4 Å². The van der Waals surface area contributed by atoms with Gasteiger partial charge in [0.1, 0.15) is 5.76 Å². The zero-order valence-corrected chi connectivity index (χ0v) is 12.3. The number of nitrogens with zero attached hydrogens (tertiary/aromatic N) is 2. The number of fused-ring (bicyclic) bond motifs is 1. The maximum Gasteiger partial charge on any atom is 0.138 e. The van der Waals surface area contributed by atoms with Gasteiger partial charge in [-0.05, 0) is 51.7 Å². The van der Waals surface area contributed by atoms with Crippen molar-refractivity contribution >= 4 is 0 Å². The fourth-order valence-corrected chi connectivity index (χ4v) is 3.26. The zero-order chi connectivity index (χ0) is 14.1. The lowest BCUT2D eigenvalue weighted by atomic mass is 9.91. The Labute approximate surface area is 119 Å². The summed E-state index contributed by atoms with van der Waals surface area (Å²) in [6, 6.07) is 4.76. The second kappa shape index (κ2) is 5.37. The van der Waals surface area contributed by atoms with Crippen LogP contribution in [0.5, 0.6) is 0 Å². The molecule has 2 aromatic heterocycles. The van der Waals surface area contributed by atoms with E-state index >= 15 is 0 Å². The van der Waals surface area contributed by atoms with Crippen LogP contribution in [0, 0.1) is 13.8 Å². The maximum atomic E-state index is 5.27. The Bertz CT molecular complexity index is 586. The van der Waals surface area contributed by atoms with E-state index in [1.54, 1.807) is 0 Å². The van der Waals surface area contributed by atoms with Crippen LogP contribution in [0.3, 0.4) is 0 Å². The third-order valence-corrected chi connectivity index (χ3v) is 4.17. The third-order valence-electron chi connectivity index (χ3n) is 4.17. The van der Waals surface area contributed by atoms with Crippen molar-refractivity contribution in [1.29, 1.82) is 0 Å². The number of hydrogen-bond donors (Lipinski definition) is 1. The summed E-state index contributed by atoms with van der Waals surface area (Å²) in [7, 11) is 0. The van der Waals surface area contributed by atoms with Gasteiger partial charge in [0, 0.05) is 17.8 Å². The normalized spacial score (nSPS) is 19.6. The van der Waals surface area contributed by atoms with Gasteiger partial charge < -0.3 is 9.84 Å². The summed E-state index contributed by atoms with van der Waals surface area (Å²) in [4.78, 5) is 4.58. The highest BCUT2D eigenvalue weighted by molar-refractivity contribution is 5.28. The maximum absolute atomic E-state index is 5.27. The van der Waals surface area contributed by atoms with Crippen molar-refractivity contribution in [3.63, 3.8) is 0 Å². The molecular formula is C16H21N3O. The molecule has 0 bridgehead atoms. The van der Waals surface area contributed by atoms with Crippen LogP contribution in [0.2, 0.25) is 0 Å². The van der Waals surface area contributed by atoms with E-state index in [1.165, 1.54) is 23.2 Å². The van der Waals surface area contributed by atoms with Gasteiger partial charge in [-0.15, -0.1) is 0 Å². The summed E-state index contributed by atoms with van der Waals surface area (Å²) >= 11 is 0. The molecular weight excluding hydrogens is 250 g/mol. The van der Waals surface area contributed by atoms with Crippen molar-refractivity contribution in [3.05, 3.63) is 46.6 Å². The Kier molecular flexibility index (Phi) is 3.57. The summed E-state index contributed by atoms with van der Waals surface area (Å²) in [5.74, 6) is 0.902. The van der Waals surface area contributed by atoms with Crippen molar-refractivity contribution in [2.24, 2.45) is 0 Å². The van der Waals surface area contributed by atoms with E-state index in [9.17, 15) is 0 Å². The first-order chi connectivity index (χ1) is 9.66. The van der Waals surface area contributed by atoms with Crippen LogP contribution in [0.1, 0.15) is 60.1 Å². The van der Waals surface area contributed by atoms with Crippen molar-refractivity contribution in [2.75, 3.05) is 0 Å². The molecule has 106 valence electrons. The predicted octanol–water partition coefficient (Wildman–Crippen LogP) is 3.41. The molecule has 0 aliphatic heterocycles. The van der Waals surface area contributed by atoms with Crippen LogP contribution in [-0.4, -0.2) is 10.1 Å². The van der Waals surface area contributed by atoms with E-state index in [-0.39, 0.29) is 6.04 Å². The molecule has 2 unspecified atom stereocenters. The number of hydrogen-bond acceptors (Lipinski definition) is 4. The highest BCUT2D eigenvalue weighted by atomic mass is 16.5. The minimum absolute atomic E-state index is 0.221. The molecule has 0 fully saturated rings. The molecule has 1 aliphatic carbocycles. The largest absolute Gasteiger partial charge is 0.361 e. The molecule has 2 atom stereocenters. The lowest BCUT2D eigenvalue weighted by molar-refractivity contribution is 0.383. The second-order valence-corrected chi connectivity index (χ2v) is 5.62. The van der Waals surface area contributed by atoms with Gasteiger partial charge in [0.2, 0.25) is 0 Å². The first-order valence-electron chi connectivity index (χ1n) is 7.29. The number of pyridine rings is 1. The second-order valence-electron chi connectivity index (χ2n) is 5.62. The average molecular weight is 271 g/mol. The Morgan fingerprint density at radius 2 is 2.25 bits per heavy atom. The quantitative estimate of drug-likeness (QED) is 0.929. The van der Waals surface area contributed by atoms with E-state index in [0.717, 1.165) is 24.3 Å². The summed E-state index contributed by atoms with van der Waals surface area (Å²) in [5.41, 5.74) is 4.73. The van der Waals surface area contributed by atoms with Crippen molar-refractivity contribution in [2.45, 2.75) is 52.1 Å². The van der Waals surface area contributed by atoms with Gasteiger partial charge in [-0.1, -0.05) is 11.2 Å². The van der Waals surface area contributed by atoms with E-state index in [4.69, 9.17) is 4.52 Å². The van der Waals surface area contributed by atoms with E-state index in [1.807, 2.05) is 26.1 Å². The standard InChI is InChI=1S/C16H21N3O/c1-10(15-11(2)19-20-12(15)3)18-14-8-4-6-13-7-5-9-17-16(13)14/h5,7,9-10,14,18H,4,6,8H2,1-3H3. The molecule has 0 saturated carbocycles. The topological polar surface area (TPSA) is 51.0 Å². The molecule has 3 rings (SSSR count). The molecule has 4 nitrogen and oxygen atoms in total. The smallest absolute Gasteiger partial charge is 0.138 e. The van der Waals surface area contributed by atoms with Crippen LogP contribution in [0.4, 0.5) is 0 Å². The highest BCUT2D eigenvalue weighted by Gasteiger charge is 2.25. The lowest BCUT2D eigenvalue weighted by Crippen LogP contribution is -2.29. The van der Waals surface area contributed by atoms with Gasteiger partial charge in [-0.25, -0.2) is 0 Å². The minimum atomic E-state index is 0.221. The van der Waals surface area contributed by atoms with Crippen molar-refractivity contribution in [3.8, 4) is 0 Å². The van der Waals surface area contributed by atoms with Gasteiger partial charge in [0.15, 0.2) is 0 Å². The van der Waals surface area contributed by atoms with Crippen molar-refractivity contribution < 1.29 is 4.52 Å². The Morgan fingerprint density at radius 1 is 1.40 bits per heavy atom.